The van der Waals surface area contributed by atoms with Crippen LogP contribution in [0.4, 0.5) is 11.8 Å². The van der Waals surface area contributed by atoms with Crippen LogP contribution in [0.3, 0.4) is 0 Å². The van der Waals surface area contributed by atoms with Gasteiger partial charge in [-0.2, -0.15) is 5.10 Å². The quantitative estimate of drug-likeness (QED) is 0.695. The number of nitrogens with zero attached hydrogens (tertiary/aromatic N) is 6. The Morgan fingerprint density at radius 2 is 2.11 bits per heavy atom. The van der Waals surface area contributed by atoms with Crippen LogP contribution in [-0.4, -0.2) is 49.6 Å². The van der Waals surface area contributed by atoms with Crippen molar-refractivity contribution in [2.24, 2.45) is 7.05 Å². The topological polar surface area (TPSA) is 88.8 Å². The van der Waals surface area contributed by atoms with Gasteiger partial charge in [0.2, 0.25) is 5.95 Å². The monoisotopic (exact) mass is 363 g/mol. The Morgan fingerprint density at radius 1 is 1.22 bits per heavy atom. The largest absolute Gasteiger partial charge is 0.365 e. The average molecular weight is 363 g/mol. The highest BCUT2D eigenvalue weighted by molar-refractivity contribution is 5.93. The zero-order valence-electron chi connectivity index (χ0n) is 15.3. The van der Waals surface area contributed by atoms with Gasteiger partial charge >= 0.3 is 0 Å². The average Bonchev–Trinajstić information content (AvgIpc) is 3.31. The Balaban J connectivity index is 1.43. The van der Waals surface area contributed by atoms with E-state index >= 15 is 0 Å². The van der Waals surface area contributed by atoms with Crippen LogP contribution in [-0.2, 0) is 7.05 Å². The van der Waals surface area contributed by atoms with Gasteiger partial charge in [-0.3, -0.25) is 9.48 Å². The number of ketones is 1. The van der Waals surface area contributed by atoms with Crippen molar-refractivity contribution < 1.29 is 4.79 Å². The fraction of sp³-hybridized carbons (Fsp3) is 0.316. The zero-order valence-corrected chi connectivity index (χ0v) is 15.3. The summed E-state index contributed by atoms with van der Waals surface area (Å²) < 4.78 is 1.76. The van der Waals surface area contributed by atoms with Gasteiger partial charge in [0.25, 0.3) is 0 Å². The summed E-state index contributed by atoms with van der Waals surface area (Å²) >= 11 is 0. The van der Waals surface area contributed by atoms with Crippen LogP contribution in [0.2, 0.25) is 0 Å². The number of anilines is 2. The lowest BCUT2D eigenvalue weighted by molar-refractivity contribution is 0.101. The fourth-order valence-electron chi connectivity index (χ4n) is 3.17. The Labute approximate surface area is 157 Å². The Morgan fingerprint density at radius 3 is 2.81 bits per heavy atom. The third kappa shape index (κ3) is 3.79. The van der Waals surface area contributed by atoms with Gasteiger partial charge in [0.15, 0.2) is 5.78 Å². The summed E-state index contributed by atoms with van der Waals surface area (Å²) in [5, 5.41) is 7.62. The first-order valence-corrected chi connectivity index (χ1v) is 8.89. The maximum Gasteiger partial charge on any atom is 0.225 e. The molecule has 27 heavy (non-hydrogen) atoms. The molecule has 0 saturated carbocycles. The summed E-state index contributed by atoms with van der Waals surface area (Å²) in [6, 6.07) is 5.79. The number of hydrogen-bond acceptors (Lipinski definition) is 7. The molecule has 1 atom stereocenters. The van der Waals surface area contributed by atoms with E-state index in [4.69, 9.17) is 4.98 Å². The second-order valence-corrected chi connectivity index (χ2v) is 6.71. The number of Topliss-reactive ketones (excluding diaryl/α,β-unsaturated/α-hetero) is 1. The number of hydrogen-bond donors (Lipinski definition) is 1. The molecular weight excluding hydrogens is 342 g/mol. The van der Waals surface area contributed by atoms with Crippen molar-refractivity contribution >= 4 is 17.5 Å². The smallest absolute Gasteiger partial charge is 0.225 e. The summed E-state index contributed by atoms with van der Waals surface area (Å²) in [7, 11) is 1.89. The fourth-order valence-corrected chi connectivity index (χ4v) is 3.17. The number of carbonyl (C=O) groups excluding carboxylic acids is 1. The normalized spacial score (nSPS) is 16.5. The van der Waals surface area contributed by atoms with Gasteiger partial charge in [0, 0.05) is 55.9 Å². The predicted molar refractivity (Wildman–Crippen MR) is 103 cm³/mol. The summed E-state index contributed by atoms with van der Waals surface area (Å²) in [4.78, 5) is 27.0. The molecular formula is C19H21N7O. The molecule has 8 heteroatoms. The molecule has 0 radical (unpaired) electrons. The molecule has 0 aliphatic carbocycles. The van der Waals surface area contributed by atoms with Crippen molar-refractivity contribution in [3.8, 4) is 11.3 Å². The second kappa shape index (κ2) is 7.14. The van der Waals surface area contributed by atoms with Gasteiger partial charge in [-0.25, -0.2) is 15.0 Å². The van der Waals surface area contributed by atoms with E-state index in [2.05, 4.69) is 25.3 Å². The predicted octanol–water partition coefficient (Wildman–Crippen LogP) is 2.17. The van der Waals surface area contributed by atoms with Gasteiger partial charge in [-0.15, -0.1) is 0 Å². The molecule has 0 spiro atoms. The van der Waals surface area contributed by atoms with Crippen LogP contribution in [0.5, 0.6) is 0 Å². The van der Waals surface area contributed by atoms with E-state index < -0.39 is 0 Å². The van der Waals surface area contributed by atoms with Crippen molar-refractivity contribution in [2.45, 2.75) is 19.4 Å². The third-order valence-electron chi connectivity index (χ3n) is 4.64. The van der Waals surface area contributed by atoms with E-state index in [-0.39, 0.29) is 11.8 Å². The molecule has 0 bridgehead atoms. The van der Waals surface area contributed by atoms with Crippen LogP contribution in [0.15, 0.2) is 43.0 Å². The number of aryl methyl sites for hydroxylation is 1. The minimum Gasteiger partial charge on any atom is -0.365 e. The molecule has 4 rings (SSSR count). The summed E-state index contributed by atoms with van der Waals surface area (Å²) in [6.45, 7) is 3.21. The number of pyridine rings is 1. The molecule has 4 heterocycles. The standard InChI is InChI=1S/C19H21N7O/c1-13(27)14-3-4-18(21-9-14)23-16-6-8-26(12-16)19-20-7-5-17(24-19)15-10-22-25(2)11-15/h3-5,7,9-11,16H,6,8,12H2,1-2H3,(H,21,23). The van der Waals surface area contributed by atoms with E-state index in [1.54, 1.807) is 36.3 Å². The van der Waals surface area contributed by atoms with E-state index in [0.29, 0.717) is 5.56 Å². The molecule has 1 fully saturated rings. The second-order valence-electron chi connectivity index (χ2n) is 6.71. The maximum absolute atomic E-state index is 11.3. The minimum atomic E-state index is 0.0201. The molecule has 1 unspecified atom stereocenters. The highest BCUT2D eigenvalue weighted by atomic mass is 16.1. The molecule has 138 valence electrons. The Kier molecular flexibility index (Phi) is 4.53. The zero-order chi connectivity index (χ0) is 18.8. The number of aromatic nitrogens is 5. The molecule has 1 saturated heterocycles. The number of carbonyl (C=O) groups is 1. The molecule has 3 aromatic rings. The summed E-state index contributed by atoms with van der Waals surface area (Å²) in [6.07, 6.45) is 8.11. The van der Waals surface area contributed by atoms with Crippen LogP contribution >= 0.6 is 0 Å². The number of nitrogens with one attached hydrogen (secondary N) is 1. The molecule has 1 N–H and O–H groups in total. The van der Waals surface area contributed by atoms with Crippen LogP contribution in [0.25, 0.3) is 11.3 Å². The van der Waals surface area contributed by atoms with Crippen molar-refractivity contribution in [1.29, 1.82) is 0 Å². The van der Waals surface area contributed by atoms with E-state index in [9.17, 15) is 4.79 Å². The highest BCUT2D eigenvalue weighted by Crippen LogP contribution is 2.22. The molecule has 8 nitrogen and oxygen atoms in total. The molecule has 1 aliphatic rings. The molecule has 0 amide bonds. The Hall–Kier alpha value is -3.29. The van der Waals surface area contributed by atoms with Gasteiger partial charge in [-0.1, -0.05) is 0 Å². The van der Waals surface area contributed by atoms with E-state index in [0.717, 1.165) is 42.5 Å². The van der Waals surface area contributed by atoms with E-state index in [1.165, 1.54) is 0 Å². The van der Waals surface area contributed by atoms with Gasteiger partial charge in [0.1, 0.15) is 5.82 Å². The number of rotatable bonds is 5. The Bertz CT molecular complexity index is 951. The van der Waals surface area contributed by atoms with Crippen LogP contribution in [0, 0.1) is 0 Å². The lowest BCUT2D eigenvalue weighted by Gasteiger charge is -2.17. The molecule has 0 aromatic carbocycles. The van der Waals surface area contributed by atoms with Crippen LogP contribution in [0.1, 0.15) is 23.7 Å². The minimum absolute atomic E-state index is 0.0201. The maximum atomic E-state index is 11.3. The third-order valence-corrected chi connectivity index (χ3v) is 4.64. The summed E-state index contributed by atoms with van der Waals surface area (Å²) in [5.41, 5.74) is 2.46. The van der Waals surface area contributed by atoms with Crippen molar-refractivity contribution in [3.63, 3.8) is 0 Å². The molecule has 1 aliphatic heterocycles. The van der Waals surface area contributed by atoms with E-state index in [1.807, 2.05) is 25.4 Å². The van der Waals surface area contributed by atoms with Gasteiger partial charge in [0.05, 0.1) is 11.9 Å². The first-order valence-electron chi connectivity index (χ1n) is 8.89. The van der Waals surface area contributed by atoms with Crippen molar-refractivity contribution in [2.75, 3.05) is 23.3 Å². The SMILES string of the molecule is CC(=O)c1ccc(NC2CCN(c3nccc(-c4cnn(C)c4)n3)C2)nc1. The highest BCUT2D eigenvalue weighted by Gasteiger charge is 2.25. The lowest BCUT2D eigenvalue weighted by atomic mass is 10.2. The first-order chi connectivity index (χ1) is 13.1. The lowest BCUT2D eigenvalue weighted by Crippen LogP contribution is -2.27. The first kappa shape index (κ1) is 17.1. The van der Waals surface area contributed by atoms with Crippen molar-refractivity contribution in [1.82, 2.24) is 24.7 Å². The van der Waals surface area contributed by atoms with Crippen LogP contribution < -0.4 is 10.2 Å². The summed E-state index contributed by atoms with van der Waals surface area (Å²) in [5.74, 6) is 1.52. The molecule has 3 aromatic heterocycles. The van der Waals surface area contributed by atoms with Crippen molar-refractivity contribution in [3.05, 3.63) is 48.5 Å². The van der Waals surface area contributed by atoms with Gasteiger partial charge in [-0.05, 0) is 31.5 Å². The van der Waals surface area contributed by atoms with Gasteiger partial charge < -0.3 is 10.2 Å².